The number of thiazole rings is 1. The summed E-state index contributed by atoms with van der Waals surface area (Å²) < 4.78 is 13.5. The third-order valence-electron chi connectivity index (χ3n) is 6.03. The van der Waals surface area contributed by atoms with Gasteiger partial charge in [-0.25, -0.2) is 9.37 Å². The van der Waals surface area contributed by atoms with Gasteiger partial charge in [0, 0.05) is 35.5 Å². The number of amides is 2. The summed E-state index contributed by atoms with van der Waals surface area (Å²) in [6.07, 6.45) is 1.20. The Kier molecular flexibility index (Phi) is 5.88. The van der Waals surface area contributed by atoms with Crippen LogP contribution in [0.5, 0.6) is 0 Å². The van der Waals surface area contributed by atoms with E-state index in [4.69, 9.17) is 0 Å². The number of carbonyl (C=O) groups excluding carboxylic acids is 2. The zero-order valence-corrected chi connectivity index (χ0v) is 18.6. The number of nitrogens with one attached hydrogen (secondary N) is 1. The van der Waals surface area contributed by atoms with Crippen LogP contribution in [0.4, 0.5) is 9.52 Å². The van der Waals surface area contributed by atoms with Crippen LogP contribution in [0, 0.1) is 11.7 Å². The Labute approximate surface area is 194 Å². The number of hydrogen-bond acceptors (Lipinski definition) is 4. The van der Waals surface area contributed by atoms with E-state index in [9.17, 15) is 14.0 Å². The van der Waals surface area contributed by atoms with Gasteiger partial charge in [-0.3, -0.25) is 9.59 Å². The van der Waals surface area contributed by atoms with Crippen LogP contribution in [-0.4, -0.2) is 34.8 Å². The lowest BCUT2D eigenvalue weighted by Gasteiger charge is -2.31. The molecule has 5 nitrogen and oxygen atoms in total. The number of fused-ring (bicyclic) bond motifs is 1. The van der Waals surface area contributed by atoms with E-state index >= 15 is 0 Å². The van der Waals surface area contributed by atoms with Crippen LogP contribution < -0.4 is 5.32 Å². The van der Waals surface area contributed by atoms with E-state index in [1.807, 2.05) is 47.4 Å². The van der Waals surface area contributed by atoms with Gasteiger partial charge in [0.2, 0.25) is 5.91 Å². The van der Waals surface area contributed by atoms with Crippen LogP contribution in [0.3, 0.4) is 0 Å². The average molecular weight is 460 g/mol. The Morgan fingerprint density at radius 3 is 2.58 bits per heavy atom. The van der Waals surface area contributed by atoms with Gasteiger partial charge in [-0.2, -0.15) is 0 Å². The normalized spacial score (nSPS) is 14.4. The molecule has 1 fully saturated rings. The quantitative estimate of drug-likeness (QED) is 0.433. The van der Waals surface area contributed by atoms with Gasteiger partial charge < -0.3 is 10.2 Å². The Hall–Kier alpha value is -3.58. The fourth-order valence-corrected chi connectivity index (χ4v) is 4.97. The SMILES string of the molecule is O=C(Nc1nc(-c2cccc(F)c2)cs1)C1CCN(C(=O)c2cccc3ccccc23)CC1. The van der Waals surface area contributed by atoms with Crippen LogP contribution in [0.25, 0.3) is 22.0 Å². The van der Waals surface area contributed by atoms with Gasteiger partial charge in [-0.15, -0.1) is 11.3 Å². The highest BCUT2D eigenvalue weighted by Gasteiger charge is 2.29. The Balaban J connectivity index is 1.21. The highest BCUT2D eigenvalue weighted by atomic mass is 32.1. The van der Waals surface area contributed by atoms with Crippen molar-refractivity contribution in [3.63, 3.8) is 0 Å². The number of halogens is 1. The molecule has 0 bridgehead atoms. The molecule has 0 saturated carbocycles. The lowest BCUT2D eigenvalue weighted by molar-refractivity contribution is -0.121. The zero-order valence-electron chi connectivity index (χ0n) is 17.8. The first kappa shape index (κ1) is 21.3. The van der Waals surface area contributed by atoms with Crippen molar-refractivity contribution in [1.29, 1.82) is 0 Å². The summed E-state index contributed by atoms with van der Waals surface area (Å²) in [7, 11) is 0. The molecule has 2 amide bonds. The molecule has 0 aliphatic carbocycles. The van der Waals surface area contributed by atoms with Crippen molar-refractivity contribution in [2.75, 3.05) is 18.4 Å². The summed E-state index contributed by atoms with van der Waals surface area (Å²) in [6.45, 7) is 1.07. The molecule has 1 aliphatic rings. The molecule has 0 atom stereocenters. The number of rotatable bonds is 4. The molecule has 1 saturated heterocycles. The van der Waals surface area contributed by atoms with Gasteiger partial charge in [0.15, 0.2) is 5.13 Å². The molecule has 2 heterocycles. The van der Waals surface area contributed by atoms with Crippen molar-refractivity contribution in [2.45, 2.75) is 12.8 Å². The number of carbonyl (C=O) groups is 2. The van der Waals surface area contributed by atoms with Gasteiger partial charge in [0.05, 0.1) is 5.69 Å². The Morgan fingerprint density at radius 2 is 1.76 bits per heavy atom. The number of anilines is 1. The van der Waals surface area contributed by atoms with Crippen molar-refractivity contribution >= 4 is 39.1 Å². The second-order valence-corrected chi connectivity index (χ2v) is 8.99. The largest absolute Gasteiger partial charge is 0.339 e. The molecule has 1 N–H and O–H groups in total. The fraction of sp³-hybridized carbons (Fsp3) is 0.192. The summed E-state index contributed by atoms with van der Waals surface area (Å²) in [5.41, 5.74) is 2.00. The minimum Gasteiger partial charge on any atom is -0.339 e. The lowest BCUT2D eigenvalue weighted by atomic mass is 9.95. The Morgan fingerprint density at radius 1 is 1.00 bits per heavy atom. The minimum absolute atomic E-state index is 0.00492. The molecular formula is C26H22FN3O2S. The predicted octanol–water partition coefficient (Wildman–Crippen LogP) is 5.59. The van der Waals surface area contributed by atoms with Crippen LogP contribution in [0.2, 0.25) is 0 Å². The van der Waals surface area contributed by atoms with E-state index in [1.165, 1.54) is 23.5 Å². The summed E-state index contributed by atoms with van der Waals surface area (Å²) in [6, 6.07) is 19.9. The highest BCUT2D eigenvalue weighted by Crippen LogP contribution is 2.28. The van der Waals surface area contributed by atoms with Crippen molar-refractivity contribution in [2.24, 2.45) is 5.92 Å². The van der Waals surface area contributed by atoms with Gasteiger partial charge in [-0.05, 0) is 41.8 Å². The van der Waals surface area contributed by atoms with Gasteiger partial charge in [0.25, 0.3) is 5.91 Å². The number of aromatic nitrogens is 1. The molecule has 166 valence electrons. The number of benzene rings is 3. The molecule has 1 aliphatic heterocycles. The van der Waals surface area contributed by atoms with Crippen LogP contribution in [0.1, 0.15) is 23.2 Å². The fourth-order valence-electron chi connectivity index (χ4n) is 4.25. The van der Waals surface area contributed by atoms with Crippen LogP contribution in [-0.2, 0) is 4.79 Å². The van der Waals surface area contributed by atoms with Crippen LogP contribution in [0.15, 0.2) is 72.1 Å². The monoisotopic (exact) mass is 459 g/mol. The smallest absolute Gasteiger partial charge is 0.254 e. The van der Waals surface area contributed by atoms with Crippen molar-refractivity contribution in [3.8, 4) is 11.3 Å². The Bertz CT molecular complexity index is 1320. The molecule has 33 heavy (non-hydrogen) atoms. The first-order chi connectivity index (χ1) is 16.1. The number of piperidine rings is 1. The average Bonchev–Trinajstić information content (AvgIpc) is 3.32. The lowest BCUT2D eigenvalue weighted by Crippen LogP contribution is -2.41. The second kappa shape index (κ2) is 9.11. The number of likely N-dealkylation sites (tertiary alicyclic amines) is 1. The molecule has 0 radical (unpaired) electrons. The molecular weight excluding hydrogens is 437 g/mol. The molecule has 0 spiro atoms. The first-order valence-corrected chi connectivity index (χ1v) is 11.8. The first-order valence-electron chi connectivity index (χ1n) is 10.9. The van der Waals surface area contributed by atoms with E-state index in [0.29, 0.717) is 47.9 Å². The second-order valence-electron chi connectivity index (χ2n) is 8.13. The summed E-state index contributed by atoms with van der Waals surface area (Å²) >= 11 is 1.32. The minimum atomic E-state index is -0.323. The molecule has 5 rings (SSSR count). The van der Waals surface area contributed by atoms with Gasteiger partial charge in [0.1, 0.15) is 5.82 Å². The molecule has 1 aromatic heterocycles. The maximum Gasteiger partial charge on any atom is 0.254 e. The zero-order chi connectivity index (χ0) is 22.8. The molecule has 4 aromatic rings. The molecule has 3 aromatic carbocycles. The summed E-state index contributed by atoms with van der Waals surface area (Å²) in [4.78, 5) is 32.2. The van der Waals surface area contributed by atoms with E-state index < -0.39 is 0 Å². The van der Waals surface area contributed by atoms with Crippen molar-refractivity contribution < 1.29 is 14.0 Å². The van der Waals surface area contributed by atoms with Crippen molar-refractivity contribution in [3.05, 3.63) is 83.5 Å². The number of hydrogen-bond donors (Lipinski definition) is 1. The van der Waals surface area contributed by atoms with E-state index in [1.54, 1.807) is 17.5 Å². The maximum atomic E-state index is 13.5. The maximum absolute atomic E-state index is 13.5. The standard InChI is InChI=1S/C26H22FN3O2S/c27-20-8-3-7-19(15-20)23-16-33-26(28-23)29-24(31)18-11-13-30(14-12-18)25(32)22-10-4-6-17-5-1-2-9-21(17)22/h1-10,15-16,18H,11-14H2,(H,28,29,31). The third-order valence-corrected chi connectivity index (χ3v) is 6.79. The summed E-state index contributed by atoms with van der Waals surface area (Å²) in [5, 5.41) is 7.17. The molecule has 0 unspecified atom stereocenters. The molecule has 7 heteroatoms. The number of nitrogens with zero attached hydrogens (tertiary/aromatic N) is 2. The van der Waals surface area contributed by atoms with Gasteiger partial charge >= 0.3 is 0 Å². The third kappa shape index (κ3) is 4.50. The summed E-state index contributed by atoms with van der Waals surface area (Å²) in [5.74, 6) is -0.586. The van der Waals surface area contributed by atoms with Crippen LogP contribution >= 0.6 is 11.3 Å². The topological polar surface area (TPSA) is 62.3 Å². The van der Waals surface area contributed by atoms with E-state index in [0.717, 1.165) is 10.8 Å². The van der Waals surface area contributed by atoms with Gasteiger partial charge in [-0.1, -0.05) is 48.5 Å². The van der Waals surface area contributed by atoms with E-state index in [2.05, 4.69) is 10.3 Å². The highest BCUT2D eigenvalue weighted by molar-refractivity contribution is 7.14. The van der Waals surface area contributed by atoms with Crippen molar-refractivity contribution in [1.82, 2.24) is 9.88 Å². The predicted molar refractivity (Wildman–Crippen MR) is 129 cm³/mol. The van der Waals surface area contributed by atoms with E-state index in [-0.39, 0.29) is 23.5 Å².